The van der Waals surface area contributed by atoms with Crippen molar-refractivity contribution in [1.29, 1.82) is 0 Å². The van der Waals surface area contributed by atoms with Crippen LogP contribution in [-0.4, -0.2) is 17.3 Å². The number of aromatic nitrogens is 2. The third kappa shape index (κ3) is 3.22. The summed E-state index contributed by atoms with van der Waals surface area (Å²) in [6, 6.07) is 3.89. The first-order valence-electron chi connectivity index (χ1n) is 7.13. The van der Waals surface area contributed by atoms with E-state index < -0.39 is 0 Å². The van der Waals surface area contributed by atoms with Crippen LogP contribution >= 0.6 is 0 Å². The van der Waals surface area contributed by atoms with Gasteiger partial charge in [0.05, 0.1) is 18.8 Å². The van der Waals surface area contributed by atoms with E-state index in [4.69, 9.17) is 10.6 Å². The Morgan fingerprint density at radius 1 is 1.37 bits per heavy atom. The minimum Gasteiger partial charge on any atom is -0.480 e. The van der Waals surface area contributed by atoms with Crippen LogP contribution in [0.15, 0.2) is 12.1 Å². The summed E-state index contributed by atoms with van der Waals surface area (Å²) in [5.41, 5.74) is 3.86. The second kappa shape index (κ2) is 6.82. The molecule has 2 rings (SSSR count). The molecule has 0 saturated heterocycles. The molecule has 3 N–H and O–H groups in total. The predicted molar refractivity (Wildman–Crippen MR) is 74.4 cm³/mol. The molecule has 0 aromatic carbocycles. The lowest BCUT2D eigenvalue weighted by Crippen LogP contribution is -2.38. The second-order valence-corrected chi connectivity index (χ2v) is 5.26. The van der Waals surface area contributed by atoms with Crippen LogP contribution in [0.25, 0.3) is 0 Å². The van der Waals surface area contributed by atoms with E-state index in [9.17, 15) is 0 Å². The van der Waals surface area contributed by atoms with Crippen LogP contribution in [0.3, 0.4) is 0 Å². The van der Waals surface area contributed by atoms with Crippen molar-refractivity contribution in [3.63, 3.8) is 0 Å². The minimum absolute atomic E-state index is 0.0867. The largest absolute Gasteiger partial charge is 0.480 e. The highest BCUT2D eigenvalue weighted by molar-refractivity contribution is 5.15. The van der Waals surface area contributed by atoms with Gasteiger partial charge < -0.3 is 4.74 Å². The molecule has 0 radical (unpaired) electrons. The Morgan fingerprint density at radius 2 is 2.16 bits per heavy atom. The summed E-state index contributed by atoms with van der Waals surface area (Å²) in [5, 5.41) is 8.29. The van der Waals surface area contributed by atoms with Crippen molar-refractivity contribution < 1.29 is 4.74 Å². The van der Waals surface area contributed by atoms with Gasteiger partial charge in [0.1, 0.15) is 0 Å². The predicted octanol–water partition coefficient (Wildman–Crippen LogP) is 2.21. The fourth-order valence-corrected chi connectivity index (χ4v) is 3.22. The molecule has 5 nitrogen and oxygen atoms in total. The van der Waals surface area contributed by atoms with Crippen molar-refractivity contribution in [2.45, 2.75) is 45.1 Å². The number of methoxy groups -OCH3 is 1. The van der Waals surface area contributed by atoms with Crippen molar-refractivity contribution in [1.82, 2.24) is 15.6 Å². The molecule has 5 heteroatoms. The van der Waals surface area contributed by atoms with E-state index in [1.54, 1.807) is 7.11 Å². The first-order chi connectivity index (χ1) is 9.30. The number of hydrogen-bond donors (Lipinski definition) is 2. The van der Waals surface area contributed by atoms with E-state index in [0.29, 0.717) is 11.8 Å². The summed E-state index contributed by atoms with van der Waals surface area (Å²) in [7, 11) is 1.59. The van der Waals surface area contributed by atoms with Gasteiger partial charge in [-0.1, -0.05) is 32.6 Å². The maximum Gasteiger partial charge on any atom is 0.233 e. The molecule has 3 unspecified atom stereocenters. The average Bonchev–Trinajstić information content (AvgIpc) is 2.49. The molecular weight excluding hydrogens is 240 g/mol. The highest BCUT2D eigenvalue weighted by Gasteiger charge is 2.32. The fourth-order valence-electron chi connectivity index (χ4n) is 3.22. The molecule has 106 valence electrons. The molecule has 1 aliphatic rings. The lowest BCUT2D eigenvalue weighted by molar-refractivity contribution is 0.173. The van der Waals surface area contributed by atoms with Gasteiger partial charge >= 0.3 is 0 Å². The van der Waals surface area contributed by atoms with Gasteiger partial charge in [0.2, 0.25) is 5.88 Å². The SMILES string of the molecule is CCC1CCCCC1C(NN)c1ccc(OC)nn1. The number of nitrogens with one attached hydrogen (secondary N) is 1. The van der Waals surface area contributed by atoms with E-state index in [0.717, 1.165) is 11.6 Å². The van der Waals surface area contributed by atoms with Gasteiger partial charge in [-0.3, -0.25) is 11.3 Å². The zero-order valence-corrected chi connectivity index (χ0v) is 11.8. The Bertz CT molecular complexity index is 382. The van der Waals surface area contributed by atoms with Crippen molar-refractivity contribution >= 4 is 0 Å². The number of rotatable bonds is 5. The normalized spacial score (nSPS) is 25.0. The first-order valence-corrected chi connectivity index (χ1v) is 7.13. The molecular formula is C14H24N4O. The highest BCUT2D eigenvalue weighted by atomic mass is 16.5. The number of nitrogens with zero attached hydrogens (tertiary/aromatic N) is 2. The van der Waals surface area contributed by atoms with E-state index in [1.165, 1.54) is 32.1 Å². The average molecular weight is 264 g/mol. The van der Waals surface area contributed by atoms with Gasteiger partial charge in [-0.2, -0.15) is 5.10 Å². The van der Waals surface area contributed by atoms with E-state index in [1.807, 2.05) is 12.1 Å². The fraction of sp³-hybridized carbons (Fsp3) is 0.714. The molecule has 0 bridgehead atoms. The number of nitrogens with two attached hydrogens (primary N) is 1. The number of hydrazine groups is 1. The van der Waals surface area contributed by atoms with Crippen molar-refractivity contribution in [2.75, 3.05) is 7.11 Å². The molecule has 1 heterocycles. The molecule has 0 amide bonds. The topological polar surface area (TPSA) is 73.1 Å². The monoisotopic (exact) mass is 264 g/mol. The first kappa shape index (κ1) is 14.2. The van der Waals surface area contributed by atoms with Gasteiger partial charge in [-0.15, -0.1) is 5.10 Å². The summed E-state index contributed by atoms with van der Waals surface area (Å²) in [4.78, 5) is 0. The van der Waals surface area contributed by atoms with Gasteiger partial charge in [0.15, 0.2) is 0 Å². The Balaban J connectivity index is 2.17. The summed E-state index contributed by atoms with van der Waals surface area (Å²) < 4.78 is 5.05. The molecule has 0 spiro atoms. The van der Waals surface area contributed by atoms with E-state index in [2.05, 4.69) is 22.5 Å². The van der Waals surface area contributed by atoms with Crippen LogP contribution in [0.2, 0.25) is 0 Å². The Kier molecular flexibility index (Phi) is 5.10. The molecule has 0 aliphatic heterocycles. The van der Waals surface area contributed by atoms with Crippen LogP contribution in [-0.2, 0) is 0 Å². The zero-order chi connectivity index (χ0) is 13.7. The Labute approximate surface area is 114 Å². The van der Waals surface area contributed by atoms with E-state index >= 15 is 0 Å². The lowest BCUT2D eigenvalue weighted by atomic mass is 9.73. The molecule has 3 atom stereocenters. The van der Waals surface area contributed by atoms with Crippen LogP contribution in [0.4, 0.5) is 0 Å². The van der Waals surface area contributed by atoms with Gasteiger partial charge in [-0.25, -0.2) is 0 Å². The van der Waals surface area contributed by atoms with Gasteiger partial charge in [0, 0.05) is 6.07 Å². The minimum atomic E-state index is 0.0867. The lowest BCUT2D eigenvalue weighted by Gasteiger charge is -2.36. The second-order valence-electron chi connectivity index (χ2n) is 5.26. The van der Waals surface area contributed by atoms with Crippen LogP contribution in [0.1, 0.15) is 50.8 Å². The van der Waals surface area contributed by atoms with Crippen molar-refractivity contribution in [3.05, 3.63) is 17.8 Å². The summed E-state index contributed by atoms with van der Waals surface area (Å²) >= 11 is 0. The molecule has 1 saturated carbocycles. The van der Waals surface area contributed by atoms with Crippen molar-refractivity contribution in [3.8, 4) is 5.88 Å². The third-order valence-corrected chi connectivity index (χ3v) is 4.29. The quantitative estimate of drug-likeness (QED) is 0.630. The van der Waals surface area contributed by atoms with Gasteiger partial charge in [-0.05, 0) is 24.3 Å². The molecule has 1 aliphatic carbocycles. The summed E-state index contributed by atoms with van der Waals surface area (Å²) in [6.45, 7) is 2.26. The number of hydrogen-bond acceptors (Lipinski definition) is 5. The maximum absolute atomic E-state index is 5.77. The third-order valence-electron chi connectivity index (χ3n) is 4.29. The smallest absolute Gasteiger partial charge is 0.233 e. The van der Waals surface area contributed by atoms with Crippen molar-refractivity contribution in [2.24, 2.45) is 17.7 Å². The maximum atomic E-state index is 5.77. The van der Waals surface area contributed by atoms with Crippen LogP contribution in [0.5, 0.6) is 5.88 Å². The Hall–Kier alpha value is -1.20. The molecule has 1 aromatic heterocycles. The van der Waals surface area contributed by atoms with Crippen LogP contribution < -0.4 is 16.0 Å². The zero-order valence-electron chi connectivity index (χ0n) is 11.8. The molecule has 1 fully saturated rings. The summed E-state index contributed by atoms with van der Waals surface area (Å²) in [6.07, 6.45) is 6.32. The highest BCUT2D eigenvalue weighted by Crippen LogP contribution is 2.39. The summed E-state index contributed by atoms with van der Waals surface area (Å²) in [5.74, 6) is 7.58. The molecule has 1 aromatic rings. The van der Waals surface area contributed by atoms with Gasteiger partial charge in [0.25, 0.3) is 0 Å². The molecule has 19 heavy (non-hydrogen) atoms. The number of ether oxygens (including phenoxy) is 1. The van der Waals surface area contributed by atoms with Crippen LogP contribution in [0, 0.1) is 11.8 Å². The standard InChI is InChI=1S/C14H24N4O/c1-3-10-6-4-5-7-11(10)14(16-15)12-8-9-13(19-2)18-17-12/h8-11,14,16H,3-7,15H2,1-2H3. The Morgan fingerprint density at radius 3 is 2.74 bits per heavy atom. The van der Waals surface area contributed by atoms with E-state index in [-0.39, 0.29) is 6.04 Å².